The highest BCUT2D eigenvalue weighted by molar-refractivity contribution is 8.01. The topological polar surface area (TPSA) is 46.6 Å². The van der Waals surface area contributed by atoms with Crippen LogP contribution >= 0.6 is 11.8 Å². The van der Waals surface area contributed by atoms with Gasteiger partial charge in [-0.05, 0) is 58.4 Å². The van der Waals surface area contributed by atoms with Gasteiger partial charge in [-0.15, -0.1) is 0 Å². The van der Waals surface area contributed by atoms with Crippen molar-refractivity contribution in [3.05, 3.63) is 95.1 Å². The summed E-state index contributed by atoms with van der Waals surface area (Å²) >= 11 is 1.46. The van der Waals surface area contributed by atoms with Crippen molar-refractivity contribution in [1.82, 2.24) is 0 Å². The summed E-state index contributed by atoms with van der Waals surface area (Å²) in [5, 5.41) is 0. The van der Waals surface area contributed by atoms with E-state index in [4.69, 9.17) is 4.74 Å². The van der Waals surface area contributed by atoms with Gasteiger partial charge in [-0.1, -0.05) is 77.5 Å². The predicted molar refractivity (Wildman–Crippen MR) is 129 cm³/mol. The minimum Gasteiger partial charge on any atom is -0.443 e. The maximum Gasteiger partial charge on any atom is 0.421 e. The Kier molecular flexibility index (Phi) is 5.63. The smallest absolute Gasteiger partial charge is 0.421 e. The summed E-state index contributed by atoms with van der Waals surface area (Å²) in [6.45, 7) is 9.44. The fraction of sp³-hybridized carbons (Fsp3) is 0.259. The van der Waals surface area contributed by atoms with E-state index < -0.39 is 16.4 Å². The largest absolute Gasteiger partial charge is 0.443 e. The zero-order chi connectivity index (χ0) is 23.1. The fourth-order valence-corrected chi connectivity index (χ4v) is 5.46. The highest BCUT2D eigenvalue weighted by Crippen LogP contribution is 2.55. The molecule has 3 aromatic carbocycles. The molecule has 0 aromatic heterocycles. The number of carbonyl (C=O) groups is 2. The van der Waals surface area contributed by atoms with Gasteiger partial charge in [0.05, 0.1) is 5.69 Å². The monoisotopic (exact) mass is 445 g/mol. The number of benzene rings is 3. The first kappa shape index (κ1) is 22.2. The molecule has 1 atom stereocenters. The molecular weight excluding hydrogens is 418 g/mol. The SMILES string of the molecule is Cc1cc(C)cc([C@@]2(Sc3ccccc3)C(=O)N(C(=O)OC(C)(C)C)c3ccccc32)c1. The van der Waals surface area contributed by atoms with Gasteiger partial charge < -0.3 is 4.74 Å². The van der Waals surface area contributed by atoms with Crippen LogP contribution < -0.4 is 4.90 Å². The van der Waals surface area contributed by atoms with E-state index in [0.29, 0.717) is 5.69 Å². The molecule has 0 N–H and O–H groups in total. The summed E-state index contributed by atoms with van der Waals surface area (Å²) in [6, 6.07) is 23.5. The predicted octanol–water partition coefficient (Wildman–Crippen LogP) is 6.62. The van der Waals surface area contributed by atoms with Crippen molar-refractivity contribution in [2.75, 3.05) is 4.90 Å². The van der Waals surface area contributed by atoms with Gasteiger partial charge >= 0.3 is 6.09 Å². The Labute approximate surface area is 193 Å². The van der Waals surface area contributed by atoms with Crippen molar-refractivity contribution >= 4 is 29.4 Å². The molecule has 164 valence electrons. The minimum absolute atomic E-state index is 0.313. The highest BCUT2D eigenvalue weighted by atomic mass is 32.2. The summed E-state index contributed by atoms with van der Waals surface area (Å²) < 4.78 is 4.53. The number of imide groups is 1. The Hall–Kier alpha value is -3.05. The Morgan fingerprint density at radius 1 is 0.906 bits per heavy atom. The van der Waals surface area contributed by atoms with Gasteiger partial charge in [0.25, 0.3) is 5.91 Å². The Morgan fingerprint density at radius 2 is 1.50 bits per heavy atom. The van der Waals surface area contributed by atoms with Crippen LogP contribution in [0.5, 0.6) is 0 Å². The molecule has 0 bridgehead atoms. The third-order valence-electron chi connectivity index (χ3n) is 5.25. The van der Waals surface area contributed by atoms with E-state index in [1.807, 2.05) is 80.6 Å². The van der Waals surface area contributed by atoms with Crippen LogP contribution in [-0.2, 0) is 14.3 Å². The first-order valence-corrected chi connectivity index (χ1v) is 11.4. The summed E-state index contributed by atoms with van der Waals surface area (Å²) in [5.74, 6) is -0.313. The number of hydrogen-bond acceptors (Lipinski definition) is 4. The Bertz CT molecular complexity index is 1160. The second-order valence-corrected chi connectivity index (χ2v) is 10.4. The Balaban J connectivity index is 1.97. The van der Waals surface area contributed by atoms with Crippen LogP contribution in [0.4, 0.5) is 10.5 Å². The van der Waals surface area contributed by atoms with Gasteiger partial charge in [0.1, 0.15) is 5.60 Å². The van der Waals surface area contributed by atoms with E-state index in [2.05, 4.69) is 6.07 Å². The molecule has 4 nitrogen and oxygen atoms in total. The molecule has 1 aliphatic rings. The second kappa shape index (κ2) is 8.14. The van der Waals surface area contributed by atoms with Crippen LogP contribution in [0.3, 0.4) is 0 Å². The molecule has 0 radical (unpaired) electrons. The molecule has 0 aliphatic carbocycles. The minimum atomic E-state index is -1.11. The van der Waals surface area contributed by atoms with E-state index in [9.17, 15) is 9.59 Å². The number of rotatable bonds is 3. The third kappa shape index (κ3) is 3.93. The summed E-state index contributed by atoms with van der Waals surface area (Å²) in [7, 11) is 0. The average Bonchev–Trinajstić information content (AvgIpc) is 2.96. The molecule has 0 saturated carbocycles. The van der Waals surface area contributed by atoms with Crippen LogP contribution in [0.1, 0.15) is 43.0 Å². The molecule has 4 rings (SSSR count). The molecule has 3 aromatic rings. The van der Waals surface area contributed by atoms with Crippen molar-refractivity contribution in [2.45, 2.75) is 49.9 Å². The number of nitrogens with zero attached hydrogens (tertiary/aromatic N) is 1. The molecule has 0 unspecified atom stereocenters. The lowest BCUT2D eigenvalue weighted by molar-refractivity contribution is -0.119. The molecule has 2 amide bonds. The van der Waals surface area contributed by atoms with Gasteiger partial charge in [-0.3, -0.25) is 4.79 Å². The number of fused-ring (bicyclic) bond motifs is 1. The zero-order valence-corrected chi connectivity index (χ0v) is 19.8. The lowest BCUT2D eigenvalue weighted by atomic mass is 9.89. The normalized spacial score (nSPS) is 17.9. The van der Waals surface area contributed by atoms with Gasteiger partial charge in [0.15, 0.2) is 4.75 Å². The number of ether oxygens (including phenoxy) is 1. The van der Waals surface area contributed by atoms with E-state index >= 15 is 0 Å². The molecule has 32 heavy (non-hydrogen) atoms. The highest BCUT2D eigenvalue weighted by Gasteiger charge is 2.56. The summed E-state index contributed by atoms with van der Waals surface area (Å²) in [4.78, 5) is 29.6. The van der Waals surface area contributed by atoms with Crippen LogP contribution in [0.25, 0.3) is 0 Å². The van der Waals surface area contributed by atoms with E-state index in [1.54, 1.807) is 20.8 Å². The van der Waals surface area contributed by atoms with Crippen molar-refractivity contribution in [3.8, 4) is 0 Å². The summed E-state index contributed by atoms with van der Waals surface area (Å²) in [6.07, 6.45) is -0.658. The number of carbonyl (C=O) groups excluding carboxylic acids is 2. The first-order valence-electron chi connectivity index (χ1n) is 10.6. The lowest BCUT2D eigenvalue weighted by Gasteiger charge is -2.30. The van der Waals surface area contributed by atoms with E-state index in [-0.39, 0.29) is 5.91 Å². The first-order chi connectivity index (χ1) is 15.1. The maximum absolute atomic E-state index is 14.2. The van der Waals surface area contributed by atoms with Crippen LogP contribution in [0.2, 0.25) is 0 Å². The van der Waals surface area contributed by atoms with Crippen molar-refractivity contribution in [1.29, 1.82) is 0 Å². The lowest BCUT2D eigenvalue weighted by Crippen LogP contribution is -2.44. The number of anilines is 1. The van der Waals surface area contributed by atoms with Crippen LogP contribution in [0, 0.1) is 13.8 Å². The zero-order valence-electron chi connectivity index (χ0n) is 19.0. The van der Waals surface area contributed by atoms with Crippen molar-refractivity contribution < 1.29 is 14.3 Å². The van der Waals surface area contributed by atoms with Gasteiger partial charge in [-0.2, -0.15) is 0 Å². The van der Waals surface area contributed by atoms with Gasteiger partial charge in [0, 0.05) is 10.5 Å². The molecule has 5 heteroatoms. The van der Waals surface area contributed by atoms with Crippen molar-refractivity contribution in [3.63, 3.8) is 0 Å². The quantitative estimate of drug-likeness (QED) is 0.454. The number of thioether (sulfide) groups is 1. The second-order valence-electron chi connectivity index (χ2n) is 9.11. The fourth-order valence-electron chi connectivity index (χ4n) is 4.12. The van der Waals surface area contributed by atoms with Crippen LogP contribution in [-0.4, -0.2) is 17.6 Å². The molecule has 1 aliphatic heterocycles. The van der Waals surface area contributed by atoms with E-state index in [0.717, 1.165) is 27.1 Å². The molecule has 0 spiro atoms. The number of amides is 2. The number of aryl methyl sites for hydroxylation is 2. The molecule has 1 heterocycles. The van der Waals surface area contributed by atoms with Gasteiger partial charge in [-0.25, -0.2) is 9.69 Å². The maximum atomic E-state index is 14.2. The molecule has 0 fully saturated rings. The van der Waals surface area contributed by atoms with Crippen molar-refractivity contribution in [2.24, 2.45) is 0 Å². The average molecular weight is 446 g/mol. The summed E-state index contributed by atoms with van der Waals surface area (Å²) in [5.41, 5.74) is 3.61. The Morgan fingerprint density at radius 3 is 2.12 bits per heavy atom. The number of hydrogen-bond donors (Lipinski definition) is 0. The molecule has 0 saturated heterocycles. The third-order valence-corrected chi connectivity index (χ3v) is 6.69. The van der Waals surface area contributed by atoms with E-state index in [1.165, 1.54) is 16.7 Å². The number of para-hydroxylation sites is 1. The standard InChI is InChI=1S/C27H27NO3S/c1-18-15-19(2)17-20(16-18)27(32-21-11-7-6-8-12-21)22-13-9-10-14-23(22)28(24(27)29)25(30)31-26(3,4)5/h6-17H,1-5H3/t27-/m0/s1. The van der Waals surface area contributed by atoms with Crippen LogP contribution in [0.15, 0.2) is 77.7 Å². The molecular formula is C27H27NO3S. The van der Waals surface area contributed by atoms with Gasteiger partial charge in [0.2, 0.25) is 0 Å².